The van der Waals surface area contributed by atoms with Crippen LogP contribution in [0.5, 0.6) is 0 Å². The molecule has 3 aromatic rings. The van der Waals surface area contributed by atoms with Gasteiger partial charge < -0.3 is 20.0 Å². The van der Waals surface area contributed by atoms with Crippen molar-refractivity contribution in [3.8, 4) is 0 Å². The van der Waals surface area contributed by atoms with E-state index in [0.717, 1.165) is 37.8 Å². The fraction of sp³-hybridized carbons (Fsp3) is 0.433. The summed E-state index contributed by atoms with van der Waals surface area (Å²) < 4.78 is 59.2. The van der Waals surface area contributed by atoms with Gasteiger partial charge in [0.15, 0.2) is 0 Å². The molecule has 0 aliphatic carbocycles. The van der Waals surface area contributed by atoms with Gasteiger partial charge in [-0.05, 0) is 69.9 Å². The first-order valence-corrected chi connectivity index (χ1v) is 16.6. The first kappa shape index (κ1) is 33.6. The summed E-state index contributed by atoms with van der Waals surface area (Å²) in [5, 5.41) is 2.52. The van der Waals surface area contributed by atoms with Gasteiger partial charge in [0.05, 0.1) is 17.3 Å². The van der Waals surface area contributed by atoms with Crippen molar-refractivity contribution in [1.29, 1.82) is 0 Å². The molecule has 1 aromatic carbocycles. The summed E-state index contributed by atoms with van der Waals surface area (Å²) in [6.07, 6.45) is 3.83. The lowest BCUT2D eigenvalue weighted by molar-refractivity contribution is -0.117. The van der Waals surface area contributed by atoms with Crippen molar-refractivity contribution in [2.75, 3.05) is 69.7 Å². The summed E-state index contributed by atoms with van der Waals surface area (Å²) >= 11 is 6.17. The minimum absolute atomic E-state index is 0.0132. The van der Waals surface area contributed by atoms with Crippen LogP contribution in [0.4, 0.5) is 20.3 Å². The highest BCUT2D eigenvalue weighted by molar-refractivity contribution is 7.89. The Bertz CT molecular complexity index is 1670. The number of aromatic nitrogens is 3. The molecule has 0 radical (unpaired) electrons. The second kappa shape index (κ2) is 13.9. The van der Waals surface area contributed by atoms with Crippen LogP contribution in [0.25, 0.3) is 0 Å². The van der Waals surface area contributed by atoms with Crippen molar-refractivity contribution in [3.05, 3.63) is 70.9 Å². The number of sulfonamides is 1. The van der Waals surface area contributed by atoms with Gasteiger partial charge in [0.1, 0.15) is 22.4 Å². The van der Waals surface area contributed by atoms with Crippen LogP contribution >= 0.6 is 11.6 Å². The lowest BCUT2D eigenvalue weighted by Crippen LogP contribution is -2.49. The van der Waals surface area contributed by atoms with Crippen molar-refractivity contribution >= 4 is 44.9 Å². The quantitative estimate of drug-likeness (QED) is 0.241. The average Bonchev–Trinajstić information content (AvgIpc) is 3.48. The van der Waals surface area contributed by atoms with Crippen LogP contribution in [0.3, 0.4) is 0 Å². The van der Waals surface area contributed by atoms with Gasteiger partial charge in [-0.25, -0.2) is 18.4 Å². The Balaban J connectivity index is 1.23. The second-order valence-electron chi connectivity index (χ2n) is 11.3. The van der Waals surface area contributed by atoms with E-state index in [4.69, 9.17) is 11.6 Å². The molecular weight excluding hydrogens is 642 g/mol. The molecule has 12 nitrogen and oxygen atoms in total. The summed E-state index contributed by atoms with van der Waals surface area (Å²) in [5.74, 6) is -3.93. The average molecular weight is 677 g/mol. The fourth-order valence-electron chi connectivity index (χ4n) is 5.30. The predicted octanol–water partition coefficient (Wildman–Crippen LogP) is 2.98. The van der Waals surface area contributed by atoms with Crippen LogP contribution < -0.4 is 15.1 Å². The molecule has 0 spiro atoms. The number of pyridine rings is 1. The Morgan fingerprint density at radius 3 is 2.37 bits per heavy atom. The predicted molar refractivity (Wildman–Crippen MR) is 169 cm³/mol. The number of benzene rings is 1. The van der Waals surface area contributed by atoms with Crippen molar-refractivity contribution in [2.24, 2.45) is 0 Å². The van der Waals surface area contributed by atoms with Crippen molar-refractivity contribution < 1.29 is 26.8 Å². The maximum atomic E-state index is 15.6. The standard InChI is InChI=1S/C30H35ClF2N8O4S/c1-38(2)11-4-10-34-29(43)24-19-36-25(20-35-24)30(32,33)21-17-26(31)37-27(18-21)39-13-15-40(16-14-39)46(44,45)23-8-6-22(7-9-23)41-12-3-5-28(41)42/h6-9,17-20H,3-5,10-16H2,1-2H3,(H,34,43). The Labute approximate surface area is 271 Å². The van der Waals surface area contributed by atoms with Gasteiger partial charge in [0.2, 0.25) is 15.9 Å². The number of rotatable bonds is 11. The third-order valence-electron chi connectivity index (χ3n) is 7.84. The Hall–Kier alpha value is -3.79. The number of hydrogen-bond donors (Lipinski definition) is 1. The molecule has 246 valence electrons. The second-order valence-corrected chi connectivity index (χ2v) is 13.7. The summed E-state index contributed by atoms with van der Waals surface area (Å²) in [6.45, 7) is 2.36. The van der Waals surface area contributed by atoms with Crippen LogP contribution in [0, 0.1) is 0 Å². The molecule has 0 bridgehead atoms. The monoisotopic (exact) mass is 676 g/mol. The lowest BCUT2D eigenvalue weighted by Gasteiger charge is -2.35. The van der Waals surface area contributed by atoms with E-state index in [1.807, 2.05) is 19.0 Å². The highest BCUT2D eigenvalue weighted by Crippen LogP contribution is 2.37. The first-order chi connectivity index (χ1) is 21.9. The number of piperazine rings is 1. The molecule has 0 unspecified atom stereocenters. The van der Waals surface area contributed by atoms with E-state index in [9.17, 15) is 18.0 Å². The zero-order valence-corrected chi connectivity index (χ0v) is 27.1. The zero-order valence-electron chi connectivity index (χ0n) is 25.5. The van der Waals surface area contributed by atoms with Crippen LogP contribution in [0.1, 0.15) is 41.0 Å². The van der Waals surface area contributed by atoms with Gasteiger partial charge in [-0.2, -0.15) is 13.1 Å². The van der Waals surface area contributed by atoms with Crippen LogP contribution in [0.15, 0.2) is 53.7 Å². The molecule has 5 rings (SSSR count). The SMILES string of the molecule is CN(C)CCCNC(=O)c1cnc(C(F)(F)c2cc(Cl)nc(N3CCN(S(=O)(=O)c4ccc(N5CCCC5=O)cc4)CC3)c2)cn1. The molecular formula is C30H35ClF2N8O4S. The molecule has 1 N–H and O–H groups in total. The molecule has 0 saturated carbocycles. The fourth-order valence-corrected chi connectivity index (χ4v) is 6.92. The summed E-state index contributed by atoms with van der Waals surface area (Å²) in [5.41, 5.74) is -0.557. The van der Waals surface area contributed by atoms with E-state index in [0.29, 0.717) is 25.2 Å². The van der Waals surface area contributed by atoms with Gasteiger partial charge >= 0.3 is 5.92 Å². The lowest BCUT2D eigenvalue weighted by atomic mass is 10.1. The smallest absolute Gasteiger partial charge is 0.316 e. The number of anilines is 2. The maximum Gasteiger partial charge on any atom is 0.316 e. The Kier molecular flexibility index (Phi) is 10.2. The van der Waals surface area contributed by atoms with Gasteiger partial charge in [0.25, 0.3) is 5.91 Å². The summed E-state index contributed by atoms with van der Waals surface area (Å²) in [6, 6.07) is 8.47. The summed E-state index contributed by atoms with van der Waals surface area (Å²) in [7, 11) is 0.00975. The van der Waals surface area contributed by atoms with Crippen LogP contribution in [0.2, 0.25) is 5.15 Å². The van der Waals surface area contributed by atoms with Gasteiger partial charge in [0, 0.05) is 56.9 Å². The molecule has 46 heavy (non-hydrogen) atoms. The van der Waals surface area contributed by atoms with E-state index < -0.39 is 33.1 Å². The highest BCUT2D eigenvalue weighted by atomic mass is 35.5. The van der Waals surface area contributed by atoms with E-state index in [1.165, 1.54) is 22.5 Å². The number of alkyl halides is 2. The molecule has 2 amide bonds. The van der Waals surface area contributed by atoms with Gasteiger partial charge in [-0.15, -0.1) is 0 Å². The third kappa shape index (κ3) is 7.43. The topological polar surface area (TPSA) is 132 Å². The van der Waals surface area contributed by atoms with E-state index in [2.05, 4.69) is 20.3 Å². The molecule has 2 fully saturated rings. The van der Waals surface area contributed by atoms with Crippen LogP contribution in [-0.2, 0) is 20.7 Å². The summed E-state index contributed by atoms with van der Waals surface area (Å²) in [4.78, 5) is 41.7. The number of hydrogen-bond acceptors (Lipinski definition) is 9. The largest absolute Gasteiger partial charge is 0.354 e. The van der Waals surface area contributed by atoms with Crippen molar-refractivity contribution in [2.45, 2.75) is 30.1 Å². The molecule has 2 saturated heterocycles. The molecule has 2 aromatic heterocycles. The molecule has 2 aliphatic rings. The number of carbonyl (C=O) groups is 2. The van der Waals surface area contributed by atoms with Crippen molar-refractivity contribution in [1.82, 2.24) is 29.5 Å². The third-order valence-corrected chi connectivity index (χ3v) is 9.95. The molecule has 0 atom stereocenters. The van der Waals surface area contributed by atoms with E-state index in [1.54, 1.807) is 21.9 Å². The number of halogens is 3. The minimum Gasteiger partial charge on any atom is -0.354 e. The number of carbonyl (C=O) groups excluding carboxylic acids is 2. The van der Waals surface area contributed by atoms with E-state index in [-0.39, 0.29) is 53.6 Å². The molecule has 2 aliphatic heterocycles. The maximum absolute atomic E-state index is 15.6. The molecule has 4 heterocycles. The van der Waals surface area contributed by atoms with Gasteiger partial charge in [-0.3, -0.25) is 14.6 Å². The first-order valence-electron chi connectivity index (χ1n) is 14.8. The Morgan fingerprint density at radius 1 is 1.04 bits per heavy atom. The zero-order chi connectivity index (χ0) is 33.1. The van der Waals surface area contributed by atoms with E-state index >= 15 is 8.78 Å². The van der Waals surface area contributed by atoms with Crippen LogP contribution in [-0.4, -0.2) is 104 Å². The number of nitrogens with one attached hydrogen (secondary N) is 1. The molecule has 16 heteroatoms. The normalized spacial score (nSPS) is 16.3. The highest BCUT2D eigenvalue weighted by Gasteiger charge is 2.38. The number of amides is 2. The van der Waals surface area contributed by atoms with Crippen molar-refractivity contribution in [3.63, 3.8) is 0 Å². The number of nitrogens with zero attached hydrogens (tertiary/aromatic N) is 7. The Morgan fingerprint density at radius 2 is 1.76 bits per heavy atom. The van der Waals surface area contributed by atoms with Gasteiger partial charge in [-0.1, -0.05) is 11.6 Å². The minimum atomic E-state index is -3.83.